The van der Waals surface area contributed by atoms with Crippen LogP contribution in [0.2, 0.25) is 5.02 Å². The van der Waals surface area contributed by atoms with Crippen molar-refractivity contribution in [3.05, 3.63) is 51.9 Å². The maximum atomic E-state index is 12.5. The Bertz CT molecular complexity index is 723. The van der Waals surface area contributed by atoms with Crippen LogP contribution in [-0.4, -0.2) is 15.8 Å². The van der Waals surface area contributed by atoms with Gasteiger partial charge in [0, 0.05) is 6.04 Å². The molecule has 5 heteroatoms. The zero-order valence-electron chi connectivity index (χ0n) is 12.2. The minimum atomic E-state index is -0.275. The van der Waals surface area contributed by atoms with Gasteiger partial charge in [0.05, 0.1) is 17.6 Å². The highest BCUT2D eigenvalue weighted by atomic mass is 35.5. The Balaban J connectivity index is 1.64. The molecule has 114 valence electrons. The molecule has 2 aliphatic carbocycles. The lowest BCUT2D eigenvalue weighted by molar-refractivity contribution is 0.567. The van der Waals surface area contributed by atoms with Crippen molar-refractivity contribution >= 4 is 17.3 Å². The van der Waals surface area contributed by atoms with Gasteiger partial charge in [0.1, 0.15) is 5.02 Å². The molecule has 22 heavy (non-hydrogen) atoms. The molecular weight excluding hydrogens is 298 g/mol. The van der Waals surface area contributed by atoms with E-state index in [-0.39, 0.29) is 10.6 Å². The van der Waals surface area contributed by atoms with Crippen LogP contribution in [0.3, 0.4) is 0 Å². The highest BCUT2D eigenvalue weighted by Crippen LogP contribution is 2.46. The van der Waals surface area contributed by atoms with E-state index in [0.29, 0.717) is 11.7 Å². The molecule has 2 aromatic rings. The third-order valence-corrected chi connectivity index (χ3v) is 4.87. The average molecular weight is 316 g/mol. The van der Waals surface area contributed by atoms with Crippen LogP contribution in [0.1, 0.15) is 25.7 Å². The lowest BCUT2D eigenvalue weighted by atomic mass is 10.1. The summed E-state index contributed by atoms with van der Waals surface area (Å²) < 4.78 is 1.34. The fraction of sp³-hybridized carbons (Fsp3) is 0.412. The molecule has 4 rings (SSSR count). The summed E-state index contributed by atoms with van der Waals surface area (Å²) in [7, 11) is 0. The van der Waals surface area contributed by atoms with Gasteiger partial charge in [-0.3, -0.25) is 4.79 Å². The van der Waals surface area contributed by atoms with Crippen molar-refractivity contribution in [2.45, 2.75) is 31.7 Å². The standard InChI is InChI=1S/C17H18ClN3O/c18-15-14(20-16(11-6-7-11)12-8-9-12)10-19-21(17(15)22)13-4-2-1-3-5-13/h1-5,10-12,16,20H,6-9H2. The van der Waals surface area contributed by atoms with E-state index in [2.05, 4.69) is 10.4 Å². The van der Waals surface area contributed by atoms with Gasteiger partial charge in [0.25, 0.3) is 5.56 Å². The minimum absolute atomic E-state index is 0.227. The topological polar surface area (TPSA) is 46.9 Å². The summed E-state index contributed by atoms with van der Waals surface area (Å²) in [4.78, 5) is 12.5. The van der Waals surface area contributed by atoms with E-state index < -0.39 is 0 Å². The molecule has 0 spiro atoms. The molecule has 0 aliphatic heterocycles. The lowest BCUT2D eigenvalue weighted by Gasteiger charge is -2.19. The maximum Gasteiger partial charge on any atom is 0.292 e. The van der Waals surface area contributed by atoms with Crippen molar-refractivity contribution < 1.29 is 0 Å². The van der Waals surface area contributed by atoms with E-state index in [1.54, 1.807) is 6.20 Å². The molecule has 0 bridgehead atoms. The van der Waals surface area contributed by atoms with Gasteiger partial charge in [-0.2, -0.15) is 9.78 Å². The molecule has 0 radical (unpaired) electrons. The molecule has 2 aliphatic rings. The number of nitrogens with zero attached hydrogens (tertiary/aromatic N) is 2. The predicted octanol–water partition coefficient (Wildman–Crippen LogP) is 3.49. The molecule has 0 amide bonds. The SMILES string of the molecule is O=c1c(Cl)c(NC(C2CC2)C2CC2)cnn1-c1ccccc1. The fourth-order valence-electron chi connectivity index (χ4n) is 3.00. The number of benzene rings is 1. The molecule has 4 nitrogen and oxygen atoms in total. The number of hydrogen-bond donors (Lipinski definition) is 1. The van der Waals surface area contributed by atoms with E-state index >= 15 is 0 Å². The van der Waals surface area contributed by atoms with E-state index in [1.165, 1.54) is 30.4 Å². The van der Waals surface area contributed by atoms with Crippen molar-refractivity contribution in [1.82, 2.24) is 9.78 Å². The van der Waals surface area contributed by atoms with Crippen molar-refractivity contribution in [3.8, 4) is 5.69 Å². The van der Waals surface area contributed by atoms with Gasteiger partial charge in [-0.25, -0.2) is 0 Å². The number of halogens is 1. The first-order valence-electron chi connectivity index (χ1n) is 7.84. The fourth-order valence-corrected chi connectivity index (χ4v) is 3.18. The van der Waals surface area contributed by atoms with Crippen LogP contribution >= 0.6 is 11.6 Å². The van der Waals surface area contributed by atoms with Crippen LogP contribution in [-0.2, 0) is 0 Å². The molecule has 2 fully saturated rings. The third kappa shape index (κ3) is 2.63. The highest BCUT2D eigenvalue weighted by Gasteiger charge is 2.41. The average Bonchev–Trinajstić information content (AvgIpc) is 3.43. The van der Waals surface area contributed by atoms with Gasteiger partial charge in [-0.05, 0) is 49.7 Å². The third-order valence-electron chi connectivity index (χ3n) is 4.50. The van der Waals surface area contributed by atoms with Crippen LogP contribution in [0.4, 0.5) is 5.69 Å². The Hall–Kier alpha value is -1.81. The van der Waals surface area contributed by atoms with E-state index in [0.717, 1.165) is 17.5 Å². The Labute approximate surface area is 134 Å². The van der Waals surface area contributed by atoms with Gasteiger partial charge < -0.3 is 5.32 Å². The number of hydrogen-bond acceptors (Lipinski definition) is 3. The van der Waals surface area contributed by atoms with Gasteiger partial charge in [0.15, 0.2) is 0 Å². The van der Waals surface area contributed by atoms with Gasteiger partial charge in [-0.1, -0.05) is 29.8 Å². The molecule has 1 heterocycles. The van der Waals surface area contributed by atoms with Gasteiger partial charge in [-0.15, -0.1) is 0 Å². The first kappa shape index (κ1) is 13.8. The second-order valence-corrected chi connectivity index (χ2v) is 6.65. The summed E-state index contributed by atoms with van der Waals surface area (Å²) in [6.45, 7) is 0. The second kappa shape index (κ2) is 5.43. The summed E-state index contributed by atoms with van der Waals surface area (Å²) in [6, 6.07) is 9.79. The number of anilines is 1. The summed E-state index contributed by atoms with van der Waals surface area (Å²) in [5, 5.41) is 7.99. The Morgan fingerprint density at radius 3 is 2.36 bits per heavy atom. The summed E-state index contributed by atoms with van der Waals surface area (Å²) in [5.41, 5.74) is 1.12. The van der Waals surface area contributed by atoms with Gasteiger partial charge >= 0.3 is 0 Å². The quantitative estimate of drug-likeness (QED) is 0.918. The molecule has 0 atom stereocenters. The summed E-state index contributed by atoms with van der Waals surface area (Å²) in [5.74, 6) is 1.47. The van der Waals surface area contributed by atoms with Crippen LogP contribution in [0.15, 0.2) is 41.3 Å². The van der Waals surface area contributed by atoms with Crippen molar-refractivity contribution in [2.24, 2.45) is 11.8 Å². The minimum Gasteiger partial charge on any atom is -0.379 e. The zero-order chi connectivity index (χ0) is 15.1. The van der Waals surface area contributed by atoms with E-state index in [1.807, 2.05) is 30.3 Å². The molecule has 1 N–H and O–H groups in total. The molecule has 0 unspecified atom stereocenters. The van der Waals surface area contributed by atoms with Crippen LogP contribution in [0.25, 0.3) is 5.69 Å². The molecule has 1 aromatic heterocycles. The second-order valence-electron chi connectivity index (χ2n) is 6.27. The van der Waals surface area contributed by atoms with Crippen LogP contribution < -0.4 is 10.9 Å². The Morgan fingerprint density at radius 2 is 1.77 bits per heavy atom. The number of aromatic nitrogens is 2. The van der Waals surface area contributed by atoms with Crippen molar-refractivity contribution in [3.63, 3.8) is 0 Å². The smallest absolute Gasteiger partial charge is 0.292 e. The normalized spacial score (nSPS) is 17.7. The Kier molecular flexibility index (Phi) is 3.41. The number of nitrogens with one attached hydrogen (secondary N) is 1. The monoisotopic (exact) mass is 315 g/mol. The van der Waals surface area contributed by atoms with Gasteiger partial charge in [0.2, 0.25) is 0 Å². The van der Waals surface area contributed by atoms with Crippen molar-refractivity contribution in [2.75, 3.05) is 5.32 Å². The zero-order valence-corrected chi connectivity index (χ0v) is 13.0. The predicted molar refractivity (Wildman–Crippen MR) is 87.7 cm³/mol. The highest BCUT2D eigenvalue weighted by molar-refractivity contribution is 6.33. The number of rotatable bonds is 5. The Morgan fingerprint density at radius 1 is 1.14 bits per heavy atom. The summed E-state index contributed by atoms with van der Waals surface area (Å²) in [6.07, 6.45) is 6.79. The van der Waals surface area contributed by atoms with Crippen molar-refractivity contribution in [1.29, 1.82) is 0 Å². The summed E-state index contributed by atoms with van der Waals surface area (Å²) >= 11 is 6.31. The largest absolute Gasteiger partial charge is 0.379 e. The van der Waals surface area contributed by atoms with E-state index in [4.69, 9.17) is 11.6 Å². The molecular formula is C17H18ClN3O. The first-order chi connectivity index (χ1) is 10.7. The van der Waals surface area contributed by atoms with E-state index in [9.17, 15) is 4.79 Å². The lowest BCUT2D eigenvalue weighted by Crippen LogP contribution is -2.28. The molecule has 1 aromatic carbocycles. The molecule has 2 saturated carbocycles. The number of para-hydroxylation sites is 1. The first-order valence-corrected chi connectivity index (χ1v) is 8.21. The van der Waals surface area contributed by atoms with Crippen LogP contribution in [0, 0.1) is 11.8 Å². The van der Waals surface area contributed by atoms with Crippen LogP contribution in [0.5, 0.6) is 0 Å². The maximum absolute atomic E-state index is 12.5. The molecule has 0 saturated heterocycles.